The van der Waals surface area contributed by atoms with E-state index in [9.17, 15) is 0 Å². The normalized spacial score (nSPS) is 11.1. The van der Waals surface area contributed by atoms with Crippen molar-refractivity contribution in [2.45, 2.75) is 32.7 Å². The fraction of sp³-hybridized carbons (Fsp3) is 0.312. The summed E-state index contributed by atoms with van der Waals surface area (Å²) in [5, 5.41) is 5.47. The quantitative estimate of drug-likeness (QED) is 0.729. The lowest BCUT2D eigenvalue weighted by atomic mass is 10.1. The molecule has 2 aromatic heterocycles. The molecule has 0 aliphatic heterocycles. The summed E-state index contributed by atoms with van der Waals surface area (Å²) < 4.78 is 2.07. The van der Waals surface area contributed by atoms with E-state index in [1.54, 1.807) is 11.3 Å². The van der Waals surface area contributed by atoms with E-state index < -0.39 is 0 Å². The van der Waals surface area contributed by atoms with E-state index in [-0.39, 0.29) is 0 Å². The highest BCUT2D eigenvalue weighted by Crippen LogP contribution is 2.15. The summed E-state index contributed by atoms with van der Waals surface area (Å²) in [6.07, 6.45) is 7.80. The van der Waals surface area contributed by atoms with Gasteiger partial charge in [-0.1, -0.05) is 25.5 Å². The average Bonchev–Trinajstić information content (AvgIpc) is 3.05. The number of nitrogens with zero attached hydrogens (tertiary/aromatic N) is 2. The standard InChI is InChI=1S/C16H19N3S/c1-2-3-4-13-5-7-14(8-6-13)17-11-15-12-19-9-10-20-16(19)18-15/h5-10,12,17H,2-4,11H2,1H3. The number of hydrogen-bond donors (Lipinski definition) is 1. The van der Waals surface area contributed by atoms with E-state index in [1.807, 2.05) is 6.20 Å². The molecule has 4 heteroatoms. The lowest BCUT2D eigenvalue weighted by molar-refractivity contribution is 0.795. The summed E-state index contributed by atoms with van der Waals surface area (Å²) in [6.45, 7) is 2.99. The van der Waals surface area contributed by atoms with Crippen molar-refractivity contribution in [3.63, 3.8) is 0 Å². The van der Waals surface area contributed by atoms with Crippen molar-refractivity contribution >= 4 is 22.0 Å². The van der Waals surface area contributed by atoms with E-state index in [0.717, 1.165) is 22.9 Å². The lowest BCUT2D eigenvalue weighted by Crippen LogP contribution is -1.99. The highest BCUT2D eigenvalue weighted by molar-refractivity contribution is 7.15. The Bertz CT molecular complexity index is 638. The SMILES string of the molecule is CCCCc1ccc(NCc2cn3ccsc3n2)cc1. The van der Waals surface area contributed by atoms with Gasteiger partial charge in [0.25, 0.3) is 0 Å². The summed E-state index contributed by atoms with van der Waals surface area (Å²) in [4.78, 5) is 5.62. The average molecular weight is 285 g/mol. The second-order valence-electron chi connectivity index (χ2n) is 4.98. The zero-order chi connectivity index (χ0) is 13.8. The number of rotatable bonds is 6. The Hall–Kier alpha value is -1.81. The second-order valence-corrected chi connectivity index (χ2v) is 5.85. The number of unbranched alkanes of at least 4 members (excludes halogenated alkanes) is 1. The molecule has 1 N–H and O–H groups in total. The third-order valence-corrected chi connectivity index (χ3v) is 4.16. The van der Waals surface area contributed by atoms with Crippen molar-refractivity contribution in [2.24, 2.45) is 0 Å². The first-order valence-electron chi connectivity index (χ1n) is 7.09. The maximum absolute atomic E-state index is 4.56. The Morgan fingerprint density at radius 3 is 2.85 bits per heavy atom. The van der Waals surface area contributed by atoms with Crippen molar-refractivity contribution in [3.05, 3.63) is 53.3 Å². The van der Waals surface area contributed by atoms with Gasteiger partial charge in [-0.3, -0.25) is 4.40 Å². The van der Waals surface area contributed by atoms with Crippen LogP contribution in [0.1, 0.15) is 31.0 Å². The predicted molar refractivity (Wildman–Crippen MR) is 85.4 cm³/mol. The van der Waals surface area contributed by atoms with Crippen LogP contribution < -0.4 is 5.32 Å². The van der Waals surface area contributed by atoms with Gasteiger partial charge < -0.3 is 5.32 Å². The summed E-state index contributed by atoms with van der Waals surface area (Å²) in [5.74, 6) is 0. The van der Waals surface area contributed by atoms with Gasteiger partial charge in [-0.2, -0.15) is 0 Å². The van der Waals surface area contributed by atoms with Gasteiger partial charge in [0.05, 0.1) is 12.2 Å². The van der Waals surface area contributed by atoms with Gasteiger partial charge in [-0.15, -0.1) is 11.3 Å². The Balaban J connectivity index is 1.58. The topological polar surface area (TPSA) is 29.3 Å². The molecule has 0 unspecified atom stereocenters. The monoisotopic (exact) mass is 285 g/mol. The van der Waals surface area contributed by atoms with Crippen LogP contribution in [0.5, 0.6) is 0 Å². The molecular formula is C16H19N3S. The molecule has 0 saturated heterocycles. The van der Waals surface area contributed by atoms with Gasteiger partial charge in [0.2, 0.25) is 0 Å². The van der Waals surface area contributed by atoms with Crippen molar-refractivity contribution < 1.29 is 0 Å². The highest BCUT2D eigenvalue weighted by atomic mass is 32.1. The molecule has 0 atom stereocenters. The molecule has 104 valence electrons. The predicted octanol–water partition coefficient (Wildman–Crippen LogP) is 4.35. The van der Waals surface area contributed by atoms with E-state index in [4.69, 9.17) is 0 Å². The summed E-state index contributed by atoms with van der Waals surface area (Å²) >= 11 is 1.66. The zero-order valence-electron chi connectivity index (χ0n) is 11.7. The van der Waals surface area contributed by atoms with Crippen molar-refractivity contribution in [3.8, 4) is 0 Å². The first kappa shape index (κ1) is 13.2. The van der Waals surface area contributed by atoms with Gasteiger partial charge in [-0.05, 0) is 30.5 Å². The van der Waals surface area contributed by atoms with Crippen LogP contribution in [0.25, 0.3) is 4.96 Å². The third-order valence-electron chi connectivity index (χ3n) is 3.39. The van der Waals surface area contributed by atoms with Crippen molar-refractivity contribution in [2.75, 3.05) is 5.32 Å². The van der Waals surface area contributed by atoms with E-state index >= 15 is 0 Å². The molecule has 0 bridgehead atoms. The molecule has 3 nitrogen and oxygen atoms in total. The molecule has 0 fully saturated rings. The molecule has 0 spiro atoms. The van der Waals surface area contributed by atoms with Crippen LogP contribution in [-0.4, -0.2) is 9.38 Å². The minimum Gasteiger partial charge on any atom is -0.379 e. The van der Waals surface area contributed by atoms with Crippen molar-refractivity contribution in [1.82, 2.24) is 9.38 Å². The Kier molecular flexibility index (Phi) is 4.02. The van der Waals surface area contributed by atoms with E-state index in [0.29, 0.717) is 0 Å². The van der Waals surface area contributed by atoms with Crippen LogP contribution >= 0.6 is 11.3 Å². The Labute approximate surface area is 123 Å². The number of nitrogens with one attached hydrogen (secondary N) is 1. The number of thiazole rings is 1. The second kappa shape index (κ2) is 6.09. The first-order chi connectivity index (χ1) is 9.85. The fourth-order valence-corrected chi connectivity index (χ4v) is 2.94. The minimum absolute atomic E-state index is 0.767. The summed E-state index contributed by atoms with van der Waals surface area (Å²) in [5.41, 5.74) is 3.65. The molecule has 3 aromatic rings. The molecule has 0 saturated carbocycles. The smallest absolute Gasteiger partial charge is 0.193 e. The van der Waals surface area contributed by atoms with Gasteiger partial charge >= 0.3 is 0 Å². The minimum atomic E-state index is 0.767. The van der Waals surface area contributed by atoms with Gasteiger partial charge in [0.15, 0.2) is 4.96 Å². The highest BCUT2D eigenvalue weighted by Gasteiger charge is 2.02. The molecule has 0 radical (unpaired) electrons. The molecule has 0 amide bonds. The van der Waals surface area contributed by atoms with Crippen molar-refractivity contribution in [1.29, 1.82) is 0 Å². The first-order valence-corrected chi connectivity index (χ1v) is 7.97. The maximum Gasteiger partial charge on any atom is 0.193 e. The number of aromatic nitrogens is 2. The van der Waals surface area contributed by atoms with Gasteiger partial charge in [-0.25, -0.2) is 4.98 Å². The molecule has 0 aliphatic carbocycles. The number of imidazole rings is 1. The summed E-state index contributed by atoms with van der Waals surface area (Å²) in [7, 11) is 0. The zero-order valence-corrected chi connectivity index (χ0v) is 12.5. The summed E-state index contributed by atoms with van der Waals surface area (Å²) in [6, 6.07) is 8.74. The molecule has 3 rings (SSSR count). The molecule has 1 aromatic carbocycles. The molecule has 2 heterocycles. The number of fused-ring (bicyclic) bond motifs is 1. The Morgan fingerprint density at radius 1 is 1.25 bits per heavy atom. The number of anilines is 1. The van der Waals surface area contributed by atoms with Crippen LogP contribution in [0.2, 0.25) is 0 Å². The fourth-order valence-electron chi connectivity index (χ4n) is 2.22. The lowest BCUT2D eigenvalue weighted by Gasteiger charge is -2.06. The number of benzene rings is 1. The number of hydrogen-bond acceptors (Lipinski definition) is 3. The van der Waals surface area contributed by atoms with E-state index in [1.165, 1.54) is 24.8 Å². The van der Waals surface area contributed by atoms with Crippen LogP contribution in [-0.2, 0) is 13.0 Å². The van der Waals surface area contributed by atoms with E-state index in [2.05, 4.69) is 57.5 Å². The molecule has 0 aliphatic rings. The van der Waals surface area contributed by atoms with Gasteiger partial charge in [0, 0.05) is 23.5 Å². The van der Waals surface area contributed by atoms with Crippen LogP contribution in [0.15, 0.2) is 42.0 Å². The van der Waals surface area contributed by atoms with Crippen LogP contribution in [0, 0.1) is 0 Å². The van der Waals surface area contributed by atoms with Crippen LogP contribution in [0.3, 0.4) is 0 Å². The molecule has 20 heavy (non-hydrogen) atoms. The Morgan fingerprint density at radius 2 is 2.10 bits per heavy atom. The largest absolute Gasteiger partial charge is 0.379 e. The maximum atomic E-state index is 4.56. The molecular weight excluding hydrogens is 266 g/mol. The number of aryl methyl sites for hydroxylation is 1. The third kappa shape index (κ3) is 3.02. The van der Waals surface area contributed by atoms with Crippen LogP contribution in [0.4, 0.5) is 5.69 Å². The van der Waals surface area contributed by atoms with Gasteiger partial charge in [0.1, 0.15) is 0 Å².